The van der Waals surface area contributed by atoms with Crippen molar-refractivity contribution in [1.29, 1.82) is 0 Å². The first kappa shape index (κ1) is 13.9. The fraction of sp³-hybridized carbons (Fsp3) is 0.533. The van der Waals surface area contributed by atoms with Crippen LogP contribution in [0.2, 0.25) is 0 Å². The number of carboxylic acids is 1. The zero-order valence-corrected chi connectivity index (χ0v) is 11.4. The SMILES string of the molecule is CCOc1ccc(C2(C(C)CC(=O)O)COC2)cc1. The van der Waals surface area contributed by atoms with Crippen molar-refractivity contribution < 1.29 is 19.4 Å². The number of benzene rings is 1. The van der Waals surface area contributed by atoms with Crippen molar-refractivity contribution in [2.75, 3.05) is 19.8 Å². The Labute approximate surface area is 113 Å². The third-order valence-electron chi connectivity index (χ3n) is 3.88. The monoisotopic (exact) mass is 264 g/mol. The Morgan fingerprint density at radius 3 is 2.47 bits per heavy atom. The first-order valence-electron chi connectivity index (χ1n) is 6.61. The van der Waals surface area contributed by atoms with E-state index < -0.39 is 5.97 Å². The van der Waals surface area contributed by atoms with Crippen molar-refractivity contribution in [2.24, 2.45) is 5.92 Å². The van der Waals surface area contributed by atoms with Crippen molar-refractivity contribution in [3.05, 3.63) is 29.8 Å². The molecule has 1 unspecified atom stereocenters. The Morgan fingerprint density at radius 1 is 1.42 bits per heavy atom. The second-order valence-corrected chi connectivity index (χ2v) is 5.11. The molecule has 4 heteroatoms. The molecule has 1 saturated heterocycles. The van der Waals surface area contributed by atoms with Gasteiger partial charge in [-0.15, -0.1) is 0 Å². The van der Waals surface area contributed by atoms with E-state index in [1.54, 1.807) is 0 Å². The Bertz CT molecular complexity index is 434. The minimum absolute atomic E-state index is 0.0525. The molecule has 2 rings (SSSR count). The van der Waals surface area contributed by atoms with Gasteiger partial charge in [0.05, 0.1) is 19.8 Å². The maximum atomic E-state index is 10.9. The number of hydrogen-bond donors (Lipinski definition) is 1. The van der Waals surface area contributed by atoms with Gasteiger partial charge >= 0.3 is 5.97 Å². The number of rotatable bonds is 6. The summed E-state index contributed by atoms with van der Waals surface area (Å²) in [4.78, 5) is 10.9. The van der Waals surface area contributed by atoms with Gasteiger partial charge in [-0.05, 0) is 30.5 Å². The molecule has 0 amide bonds. The van der Waals surface area contributed by atoms with Crippen LogP contribution in [0.25, 0.3) is 0 Å². The standard InChI is InChI=1S/C15H20O4/c1-3-19-13-6-4-12(5-7-13)15(9-18-10-15)11(2)8-14(16)17/h4-7,11H,3,8-10H2,1-2H3,(H,16,17). The predicted octanol–water partition coefficient (Wildman–Crippen LogP) is 2.46. The van der Waals surface area contributed by atoms with E-state index in [1.165, 1.54) is 0 Å². The van der Waals surface area contributed by atoms with E-state index in [9.17, 15) is 4.79 Å². The van der Waals surface area contributed by atoms with Crippen LogP contribution in [0.5, 0.6) is 5.75 Å². The third-order valence-corrected chi connectivity index (χ3v) is 3.88. The zero-order chi connectivity index (χ0) is 13.9. The molecular formula is C15H20O4. The highest BCUT2D eigenvalue weighted by Crippen LogP contribution is 2.41. The lowest BCUT2D eigenvalue weighted by molar-refractivity contribution is -0.142. The second-order valence-electron chi connectivity index (χ2n) is 5.11. The lowest BCUT2D eigenvalue weighted by atomic mass is 9.68. The summed E-state index contributed by atoms with van der Waals surface area (Å²) in [6.45, 7) is 5.76. The molecule has 0 aliphatic carbocycles. The summed E-state index contributed by atoms with van der Waals surface area (Å²) >= 11 is 0. The van der Waals surface area contributed by atoms with Crippen molar-refractivity contribution in [3.8, 4) is 5.75 Å². The molecule has 4 nitrogen and oxygen atoms in total. The number of aliphatic carboxylic acids is 1. The van der Waals surface area contributed by atoms with E-state index in [2.05, 4.69) is 0 Å². The van der Waals surface area contributed by atoms with Crippen LogP contribution >= 0.6 is 0 Å². The zero-order valence-electron chi connectivity index (χ0n) is 11.4. The first-order valence-corrected chi connectivity index (χ1v) is 6.61. The number of carboxylic acid groups (broad SMARTS) is 1. The van der Waals surface area contributed by atoms with Gasteiger partial charge in [0.15, 0.2) is 0 Å². The van der Waals surface area contributed by atoms with Gasteiger partial charge in [-0.3, -0.25) is 4.79 Å². The molecule has 19 heavy (non-hydrogen) atoms. The van der Waals surface area contributed by atoms with Crippen molar-refractivity contribution >= 4 is 5.97 Å². The molecule has 0 saturated carbocycles. The lowest BCUT2D eigenvalue weighted by Gasteiger charge is -2.46. The summed E-state index contributed by atoms with van der Waals surface area (Å²) in [6.07, 6.45) is 0.163. The van der Waals surface area contributed by atoms with E-state index in [0.29, 0.717) is 19.8 Å². The minimum Gasteiger partial charge on any atom is -0.494 e. The van der Waals surface area contributed by atoms with Gasteiger partial charge in [0.25, 0.3) is 0 Å². The van der Waals surface area contributed by atoms with E-state index in [-0.39, 0.29) is 17.8 Å². The van der Waals surface area contributed by atoms with Gasteiger partial charge in [0.1, 0.15) is 5.75 Å². The summed E-state index contributed by atoms with van der Waals surface area (Å²) in [5.74, 6) is 0.133. The highest BCUT2D eigenvalue weighted by Gasteiger charge is 2.45. The summed E-state index contributed by atoms with van der Waals surface area (Å²) in [6, 6.07) is 7.91. The second kappa shape index (κ2) is 5.61. The Morgan fingerprint density at radius 2 is 2.05 bits per heavy atom. The molecule has 0 aromatic heterocycles. The van der Waals surface area contributed by atoms with Crippen LogP contribution in [0.15, 0.2) is 24.3 Å². The molecule has 0 spiro atoms. The molecule has 1 heterocycles. The maximum Gasteiger partial charge on any atom is 0.303 e. The molecular weight excluding hydrogens is 244 g/mol. The van der Waals surface area contributed by atoms with Crippen LogP contribution < -0.4 is 4.74 Å². The fourth-order valence-electron chi connectivity index (χ4n) is 2.56. The first-order chi connectivity index (χ1) is 9.08. The average Bonchev–Trinajstić information content (AvgIpc) is 2.29. The molecule has 1 aromatic rings. The van der Waals surface area contributed by atoms with Gasteiger partial charge in [-0.1, -0.05) is 19.1 Å². The summed E-state index contributed by atoms with van der Waals surface area (Å²) in [5.41, 5.74) is 0.972. The van der Waals surface area contributed by atoms with E-state index in [1.807, 2.05) is 38.1 Å². The highest BCUT2D eigenvalue weighted by atomic mass is 16.5. The third kappa shape index (κ3) is 2.73. The molecule has 1 aliphatic rings. The topological polar surface area (TPSA) is 55.8 Å². The van der Waals surface area contributed by atoms with Gasteiger partial charge in [0.2, 0.25) is 0 Å². The highest BCUT2D eigenvalue weighted by molar-refractivity contribution is 5.67. The molecule has 0 bridgehead atoms. The molecule has 1 N–H and O–H groups in total. The van der Waals surface area contributed by atoms with Gasteiger partial charge in [-0.25, -0.2) is 0 Å². The largest absolute Gasteiger partial charge is 0.494 e. The predicted molar refractivity (Wildman–Crippen MR) is 71.5 cm³/mol. The van der Waals surface area contributed by atoms with E-state index >= 15 is 0 Å². The van der Waals surface area contributed by atoms with Gasteiger partial charge in [-0.2, -0.15) is 0 Å². The van der Waals surface area contributed by atoms with Crippen LogP contribution in [0.4, 0.5) is 0 Å². The van der Waals surface area contributed by atoms with Crippen LogP contribution in [-0.4, -0.2) is 30.9 Å². The molecule has 104 valence electrons. The number of hydrogen-bond acceptors (Lipinski definition) is 3. The quantitative estimate of drug-likeness (QED) is 0.857. The molecule has 0 radical (unpaired) electrons. The summed E-state index contributed by atoms with van der Waals surface area (Å²) in [7, 11) is 0. The molecule has 1 atom stereocenters. The number of ether oxygens (including phenoxy) is 2. The van der Waals surface area contributed by atoms with Gasteiger partial charge < -0.3 is 14.6 Å². The van der Waals surface area contributed by atoms with E-state index in [4.69, 9.17) is 14.6 Å². The van der Waals surface area contributed by atoms with Crippen molar-refractivity contribution in [3.63, 3.8) is 0 Å². The smallest absolute Gasteiger partial charge is 0.303 e. The maximum absolute atomic E-state index is 10.9. The Hall–Kier alpha value is -1.55. The normalized spacial score (nSPS) is 18.4. The average molecular weight is 264 g/mol. The lowest BCUT2D eigenvalue weighted by Crippen LogP contribution is -2.52. The van der Waals surface area contributed by atoms with Crippen LogP contribution in [0, 0.1) is 5.92 Å². The Kier molecular flexibility index (Phi) is 4.10. The minimum atomic E-state index is -0.760. The van der Waals surface area contributed by atoms with Crippen LogP contribution in [0.1, 0.15) is 25.8 Å². The summed E-state index contributed by atoms with van der Waals surface area (Å²) < 4.78 is 10.8. The fourth-order valence-corrected chi connectivity index (χ4v) is 2.56. The van der Waals surface area contributed by atoms with Crippen molar-refractivity contribution in [1.82, 2.24) is 0 Å². The molecule has 1 aromatic carbocycles. The van der Waals surface area contributed by atoms with Crippen LogP contribution in [-0.2, 0) is 14.9 Å². The van der Waals surface area contributed by atoms with Crippen LogP contribution in [0.3, 0.4) is 0 Å². The Balaban J connectivity index is 2.18. The van der Waals surface area contributed by atoms with Crippen molar-refractivity contribution in [2.45, 2.75) is 25.7 Å². The summed E-state index contributed by atoms with van der Waals surface area (Å²) in [5, 5.41) is 8.97. The molecule has 1 fully saturated rings. The van der Waals surface area contributed by atoms with E-state index in [0.717, 1.165) is 11.3 Å². The number of carbonyl (C=O) groups is 1. The van der Waals surface area contributed by atoms with Gasteiger partial charge in [0, 0.05) is 11.8 Å². The molecule has 1 aliphatic heterocycles.